The maximum Gasteiger partial charge on any atom is 0.261 e. The number of carbonyl (C=O) groups excluding carboxylic acids is 1. The van der Waals surface area contributed by atoms with E-state index in [1.807, 2.05) is 0 Å². The maximum absolute atomic E-state index is 12.6. The van der Waals surface area contributed by atoms with Crippen molar-refractivity contribution >= 4 is 22.5 Å². The second-order valence-corrected chi connectivity index (χ2v) is 6.56. The van der Waals surface area contributed by atoms with Gasteiger partial charge in [0.25, 0.3) is 17.9 Å². The molecule has 146 valence electrons. The Bertz CT molecular complexity index is 1040. The third-order valence-corrected chi connectivity index (χ3v) is 4.82. The maximum atomic E-state index is 12.6. The first-order valence-corrected chi connectivity index (χ1v) is 8.83. The smallest absolute Gasteiger partial charge is 0.261 e. The molecule has 0 bridgehead atoms. The van der Waals surface area contributed by atoms with Crippen LogP contribution in [0.15, 0.2) is 41.7 Å². The fraction of sp³-hybridized carbons (Fsp3) is 0.333. The highest BCUT2D eigenvalue weighted by Crippen LogP contribution is 2.21. The summed E-state index contributed by atoms with van der Waals surface area (Å²) >= 11 is 0. The van der Waals surface area contributed by atoms with Crippen molar-refractivity contribution in [2.24, 2.45) is 0 Å². The van der Waals surface area contributed by atoms with E-state index < -0.39 is 18.5 Å². The highest BCUT2D eigenvalue weighted by atomic mass is 19.3. The summed E-state index contributed by atoms with van der Waals surface area (Å²) in [4.78, 5) is 32.7. The molecule has 0 aliphatic carbocycles. The molecule has 0 radical (unpaired) electrons. The summed E-state index contributed by atoms with van der Waals surface area (Å²) < 4.78 is 26.0. The number of halogens is 2. The van der Waals surface area contributed by atoms with Gasteiger partial charge in [0.2, 0.25) is 0 Å². The molecule has 0 saturated carbocycles. The first-order chi connectivity index (χ1) is 13.5. The van der Waals surface area contributed by atoms with E-state index in [-0.39, 0.29) is 5.91 Å². The van der Waals surface area contributed by atoms with Crippen LogP contribution in [0.25, 0.3) is 10.9 Å². The zero-order valence-electron chi connectivity index (χ0n) is 14.9. The van der Waals surface area contributed by atoms with Gasteiger partial charge in [0, 0.05) is 38.1 Å². The average Bonchev–Trinajstić information content (AvgIpc) is 3.24. The van der Waals surface area contributed by atoms with Crippen LogP contribution in [-0.2, 0) is 6.54 Å². The number of piperazine rings is 1. The second kappa shape index (κ2) is 7.37. The number of anilines is 1. The van der Waals surface area contributed by atoms with Crippen LogP contribution in [0.2, 0.25) is 0 Å². The Balaban J connectivity index is 1.49. The van der Waals surface area contributed by atoms with Crippen LogP contribution in [0, 0.1) is 0 Å². The molecule has 0 spiro atoms. The molecule has 1 aliphatic heterocycles. The van der Waals surface area contributed by atoms with E-state index in [2.05, 4.69) is 20.1 Å². The number of nitrogens with one attached hydrogen (secondary N) is 1. The minimum atomic E-state index is -2.61. The minimum Gasteiger partial charge on any atom is -0.368 e. The number of hydrogen-bond donors (Lipinski definition) is 1. The molecule has 1 amide bonds. The SMILES string of the molecule is O=C(c1cn[nH]c1)N1CCN(c2ccc3c(=O)n(CC(F)F)cnc3c2)CC1. The van der Waals surface area contributed by atoms with Crippen LogP contribution in [0.1, 0.15) is 10.4 Å². The number of amides is 1. The van der Waals surface area contributed by atoms with Crippen molar-refractivity contribution < 1.29 is 13.6 Å². The topological polar surface area (TPSA) is 87.1 Å². The summed E-state index contributed by atoms with van der Waals surface area (Å²) in [6.07, 6.45) is 1.62. The fourth-order valence-corrected chi connectivity index (χ4v) is 3.34. The van der Waals surface area contributed by atoms with E-state index in [0.29, 0.717) is 42.6 Å². The lowest BCUT2D eigenvalue weighted by molar-refractivity contribution is 0.0747. The van der Waals surface area contributed by atoms with Gasteiger partial charge in [-0.1, -0.05) is 0 Å². The number of rotatable bonds is 4. The molecule has 1 N–H and O–H groups in total. The van der Waals surface area contributed by atoms with Crippen molar-refractivity contribution in [3.8, 4) is 0 Å². The lowest BCUT2D eigenvalue weighted by Gasteiger charge is -2.36. The molecule has 0 atom stereocenters. The fourth-order valence-electron chi connectivity index (χ4n) is 3.34. The molecule has 3 aromatic rings. The molecular formula is C18H18F2N6O2. The molecule has 1 aromatic carbocycles. The van der Waals surface area contributed by atoms with Crippen LogP contribution < -0.4 is 10.5 Å². The lowest BCUT2D eigenvalue weighted by atomic mass is 10.2. The summed E-state index contributed by atoms with van der Waals surface area (Å²) in [7, 11) is 0. The van der Waals surface area contributed by atoms with Gasteiger partial charge in [0.15, 0.2) is 0 Å². The van der Waals surface area contributed by atoms with Gasteiger partial charge in [0.05, 0.1) is 35.5 Å². The van der Waals surface area contributed by atoms with E-state index in [1.54, 1.807) is 29.3 Å². The first kappa shape index (κ1) is 18.1. The highest BCUT2D eigenvalue weighted by molar-refractivity contribution is 5.93. The molecular weight excluding hydrogens is 370 g/mol. The van der Waals surface area contributed by atoms with Gasteiger partial charge in [-0.3, -0.25) is 19.3 Å². The number of fused-ring (bicyclic) bond motifs is 1. The van der Waals surface area contributed by atoms with Gasteiger partial charge in [0.1, 0.15) is 0 Å². The van der Waals surface area contributed by atoms with Gasteiger partial charge in [-0.2, -0.15) is 5.10 Å². The number of benzene rings is 1. The summed E-state index contributed by atoms with van der Waals surface area (Å²) in [5.74, 6) is -0.0619. The Morgan fingerprint density at radius 1 is 1.21 bits per heavy atom. The third kappa shape index (κ3) is 3.45. The number of aromatic amines is 1. The largest absolute Gasteiger partial charge is 0.368 e. The van der Waals surface area contributed by atoms with E-state index >= 15 is 0 Å². The second-order valence-electron chi connectivity index (χ2n) is 6.56. The molecule has 2 aromatic heterocycles. The number of nitrogens with zero attached hydrogens (tertiary/aromatic N) is 5. The number of H-pyrrole nitrogens is 1. The van der Waals surface area contributed by atoms with E-state index in [0.717, 1.165) is 16.6 Å². The van der Waals surface area contributed by atoms with Gasteiger partial charge >= 0.3 is 0 Å². The predicted molar refractivity (Wildman–Crippen MR) is 98.7 cm³/mol. The van der Waals surface area contributed by atoms with Crippen molar-refractivity contribution in [1.82, 2.24) is 24.6 Å². The van der Waals surface area contributed by atoms with E-state index in [9.17, 15) is 18.4 Å². The van der Waals surface area contributed by atoms with Gasteiger partial charge in [-0.05, 0) is 18.2 Å². The Kier molecular flexibility index (Phi) is 4.76. The molecule has 10 heteroatoms. The molecule has 1 aliphatic rings. The summed E-state index contributed by atoms with van der Waals surface area (Å²) in [6.45, 7) is 1.72. The molecule has 0 unspecified atom stereocenters. The minimum absolute atomic E-state index is 0.0619. The van der Waals surface area contributed by atoms with Crippen LogP contribution >= 0.6 is 0 Å². The van der Waals surface area contributed by atoms with Crippen molar-refractivity contribution in [1.29, 1.82) is 0 Å². The zero-order chi connectivity index (χ0) is 19.7. The average molecular weight is 388 g/mol. The number of carbonyl (C=O) groups is 1. The summed E-state index contributed by atoms with van der Waals surface area (Å²) in [5, 5.41) is 6.74. The number of hydrogen-bond acceptors (Lipinski definition) is 5. The van der Waals surface area contributed by atoms with Gasteiger partial charge in [-0.25, -0.2) is 13.8 Å². The quantitative estimate of drug-likeness (QED) is 0.729. The van der Waals surface area contributed by atoms with Crippen molar-refractivity contribution in [2.75, 3.05) is 31.1 Å². The van der Waals surface area contributed by atoms with E-state index in [1.165, 1.54) is 6.20 Å². The van der Waals surface area contributed by atoms with Crippen LogP contribution in [0.3, 0.4) is 0 Å². The van der Waals surface area contributed by atoms with Crippen molar-refractivity contribution in [2.45, 2.75) is 13.0 Å². The molecule has 4 rings (SSSR count). The number of aromatic nitrogens is 4. The molecule has 1 saturated heterocycles. The van der Waals surface area contributed by atoms with Gasteiger partial charge in [-0.15, -0.1) is 0 Å². The molecule has 1 fully saturated rings. The van der Waals surface area contributed by atoms with Crippen LogP contribution in [-0.4, -0.2) is 63.2 Å². The van der Waals surface area contributed by atoms with Crippen LogP contribution in [0.4, 0.5) is 14.5 Å². The van der Waals surface area contributed by atoms with Crippen molar-refractivity contribution in [3.05, 3.63) is 52.8 Å². The number of alkyl halides is 2. The highest BCUT2D eigenvalue weighted by Gasteiger charge is 2.23. The Morgan fingerprint density at radius 3 is 2.68 bits per heavy atom. The lowest BCUT2D eigenvalue weighted by Crippen LogP contribution is -2.48. The molecule has 3 heterocycles. The predicted octanol–water partition coefficient (Wildman–Crippen LogP) is 1.35. The standard InChI is InChI=1S/C18H18F2N6O2/c19-16(20)10-26-11-21-15-7-13(1-2-14(15)18(26)28)24-3-5-25(6-4-24)17(27)12-8-22-23-9-12/h1-2,7-9,11,16H,3-6,10H2,(H,22,23). The molecule has 28 heavy (non-hydrogen) atoms. The van der Waals surface area contributed by atoms with Crippen molar-refractivity contribution in [3.63, 3.8) is 0 Å². The molecule has 8 nitrogen and oxygen atoms in total. The van der Waals surface area contributed by atoms with Gasteiger partial charge < -0.3 is 9.80 Å². The Labute approximate surface area is 158 Å². The normalized spacial score (nSPS) is 14.8. The summed E-state index contributed by atoms with van der Waals surface area (Å²) in [5.41, 5.74) is 1.39. The Hall–Kier alpha value is -3.30. The Morgan fingerprint density at radius 2 is 2.00 bits per heavy atom. The third-order valence-electron chi connectivity index (χ3n) is 4.82. The van der Waals surface area contributed by atoms with Crippen LogP contribution in [0.5, 0.6) is 0 Å². The van der Waals surface area contributed by atoms with E-state index in [4.69, 9.17) is 0 Å². The summed E-state index contributed by atoms with van der Waals surface area (Å²) in [6, 6.07) is 5.17. The first-order valence-electron chi connectivity index (χ1n) is 8.83. The zero-order valence-corrected chi connectivity index (χ0v) is 14.9. The monoisotopic (exact) mass is 388 g/mol.